The van der Waals surface area contributed by atoms with Gasteiger partial charge in [0, 0.05) is 0 Å². The molecule has 0 aliphatic rings. The highest BCUT2D eigenvalue weighted by molar-refractivity contribution is 7.86. The molecule has 0 fully saturated rings. The minimum atomic E-state index is -4.78. The quantitative estimate of drug-likeness (QED) is 0.620. The second kappa shape index (κ2) is 4.91. The van der Waals surface area contributed by atoms with Crippen molar-refractivity contribution in [3.05, 3.63) is 29.3 Å². The Morgan fingerprint density at radius 3 is 1.94 bits per heavy atom. The maximum absolute atomic E-state index is 10.8. The third kappa shape index (κ3) is 3.00. The van der Waals surface area contributed by atoms with Gasteiger partial charge in [-0.3, -0.25) is 4.55 Å². The minimum absolute atomic E-state index is 0. The number of carboxylic acids is 2. The van der Waals surface area contributed by atoms with Gasteiger partial charge in [0.2, 0.25) is 0 Å². The number of rotatable bonds is 3. The first-order valence-electron chi connectivity index (χ1n) is 3.82. The van der Waals surface area contributed by atoms with Gasteiger partial charge in [-0.2, -0.15) is 8.42 Å². The van der Waals surface area contributed by atoms with Gasteiger partial charge in [-0.1, -0.05) is 6.07 Å². The predicted molar refractivity (Wildman–Crippen MR) is 53.8 cm³/mol. The second-order valence-electron chi connectivity index (χ2n) is 2.76. The lowest BCUT2D eigenvalue weighted by atomic mass is 10.1. The van der Waals surface area contributed by atoms with Crippen LogP contribution in [-0.4, -0.2) is 40.6 Å². The number of hydrogen-bond acceptors (Lipinski definition) is 4. The summed E-state index contributed by atoms with van der Waals surface area (Å²) >= 11 is 0. The van der Waals surface area contributed by atoms with E-state index in [1.54, 1.807) is 0 Å². The van der Waals surface area contributed by atoms with Gasteiger partial charge in [0.25, 0.3) is 10.1 Å². The molecule has 0 bridgehead atoms. The Morgan fingerprint density at radius 2 is 1.59 bits per heavy atom. The first-order valence-corrected chi connectivity index (χ1v) is 5.26. The number of benzene rings is 1. The summed E-state index contributed by atoms with van der Waals surface area (Å²) in [5.41, 5.74) is -1.67. The largest absolute Gasteiger partial charge is 0.478 e. The topological polar surface area (TPSA) is 160 Å². The zero-order chi connectivity index (χ0) is 12.5. The molecule has 0 heterocycles. The van der Waals surface area contributed by atoms with Crippen molar-refractivity contribution in [1.29, 1.82) is 0 Å². The van der Waals surface area contributed by atoms with Crippen molar-refractivity contribution in [1.82, 2.24) is 0 Å². The Kier molecular flexibility index (Phi) is 4.34. The first-order chi connectivity index (χ1) is 7.25. The van der Waals surface area contributed by atoms with Gasteiger partial charge in [0.05, 0.1) is 11.1 Å². The van der Waals surface area contributed by atoms with Gasteiger partial charge < -0.3 is 15.7 Å². The fourth-order valence-corrected chi connectivity index (χ4v) is 1.85. The molecule has 0 aliphatic carbocycles. The highest BCUT2D eigenvalue weighted by Gasteiger charge is 2.25. The summed E-state index contributed by atoms with van der Waals surface area (Å²) in [5.74, 6) is -3.34. The van der Waals surface area contributed by atoms with E-state index in [4.69, 9.17) is 14.8 Å². The summed E-state index contributed by atoms with van der Waals surface area (Å²) in [6.45, 7) is 0. The molecule has 5 N–H and O–H groups in total. The van der Waals surface area contributed by atoms with Crippen molar-refractivity contribution >= 4 is 22.1 Å². The van der Waals surface area contributed by atoms with Crippen LogP contribution in [0.2, 0.25) is 0 Å². The van der Waals surface area contributed by atoms with Crippen LogP contribution in [0.3, 0.4) is 0 Å². The summed E-state index contributed by atoms with van der Waals surface area (Å²) in [4.78, 5) is 20.5. The van der Waals surface area contributed by atoms with Crippen molar-refractivity contribution in [2.45, 2.75) is 4.90 Å². The van der Waals surface area contributed by atoms with E-state index in [9.17, 15) is 18.0 Å². The average molecular weight is 264 g/mol. The fraction of sp³-hybridized carbons (Fsp3) is 0. The SMILES string of the molecule is O.O=C(O)c1cccc(S(=O)(=O)O)c1C(=O)O. The third-order valence-corrected chi connectivity index (χ3v) is 2.64. The number of aromatic carboxylic acids is 2. The lowest BCUT2D eigenvalue weighted by Gasteiger charge is -2.05. The molecule has 1 aromatic rings. The molecule has 17 heavy (non-hydrogen) atoms. The van der Waals surface area contributed by atoms with Gasteiger partial charge >= 0.3 is 11.9 Å². The summed E-state index contributed by atoms with van der Waals surface area (Å²) in [7, 11) is -4.78. The second-order valence-corrected chi connectivity index (χ2v) is 4.15. The summed E-state index contributed by atoms with van der Waals surface area (Å²) in [5, 5.41) is 17.4. The van der Waals surface area contributed by atoms with E-state index in [1.165, 1.54) is 0 Å². The molecule has 0 spiro atoms. The Balaban J connectivity index is 0.00000256. The van der Waals surface area contributed by atoms with E-state index in [2.05, 4.69) is 0 Å². The van der Waals surface area contributed by atoms with E-state index in [0.29, 0.717) is 0 Å². The van der Waals surface area contributed by atoms with Crippen molar-refractivity contribution in [2.24, 2.45) is 0 Å². The van der Waals surface area contributed by atoms with Crippen LogP contribution in [-0.2, 0) is 10.1 Å². The fourth-order valence-electron chi connectivity index (χ4n) is 1.14. The molecule has 0 atom stereocenters. The van der Waals surface area contributed by atoms with E-state index >= 15 is 0 Å². The Morgan fingerprint density at radius 1 is 1.06 bits per heavy atom. The molecular weight excluding hydrogens is 256 g/mol. The molecule has 8 nitrogen and oxygen atoms in total. The minimum Gasteiger partial charge on any atom is -0.478 e. The summed E-state index contributed by atoms with van der Waals surface area (Å²) in [6.07, 6.45) is 0. The third-order valence-electron chi connectivity index (χ3n) is 1.75. The Hall–Kier alpha value is -1.97. The lowest BCUT2D eigenvalue weighted by molar-refractivity contribution is 0.0648. The predicted octanol–water partition coefficient (Wildman–Crippen LogP) is -0.495. The summed E-state index contributed by atoms with van der Waals surface area (Å²) < 4.78 is 30.4. The van der Waals surface area contributed by atoms with Crippen LogP contribution in [0.4, 0.5) is 0 Å². The molecule has 1 aromatic carbocycles. The van der Waals surface area contributed by atoms with Gasteiger partial charge in [-0.25, -0.2) is 9.59 Å². The van der Waals surface area contributed by atoms with Crippen LogP contribution in [0.15, 0.2) is 23.1 Å². The van der Waals surface area contributed by atoms with Crippen molar-refractivity contribution in [3.8, 4) is 0 Å². The Labute approximate surface area is 95.2 Å². The standard InChI is InChI=1S/C8H6O7S.H2O/c9-7(10)4-2-1-3-5(16(13,14)15)6(4)8(11)12;/h1-3H,(H,9,10)(H,11,12)(H,13,14,15);1H2. The van der Waals surface area contributed by atoms with E-state index in [1.807, 2.05) is 0 Å². The highest BCUT2D eigenvalue weighted by atomic mass is 32.2. The first kappa shape index (κ1) is 15.0. The van der Waals surface area contributed by atoms with Crippen molar-refractivity contribution in [3.63, 3.8) is 0 Å². The molecule has 0 saturated heterocycles. The molecule has 0 amide bonds. The van der Waals surface area contributed by atoms with Crippen LogP contribution in [0.5, 0.6) is 0 Å². The average Bonchev–Trinajstić information content (AvgIpc) is 2.14. The van der Waals surface area contributed by atoms with Crippen LogP contribution < -0.4 is 0 Å². The molecule has 0 aliphatic heterocycles. The van der Waals surface area contributed by atoms with Crippen LogP contribution in [0, 0.1) is 0 Å². The number of carbonyl (C=O) groups is 2. The smallest absolute Gasteiger partial charge is 0.338 e. The van der Waals surface area contributed by atoms with Crippen molar-refractivity contribution in [2.75, 3.05) is 0 Å². The zero-order valence-corrected chi connectivity index (χ0v) is 8.93. The molecule has 0 saturated carbocycles. The monoisotopic (exact) mass is 264 g/mol. The molecule has 9 heteroatoms. The van der Waals surface area contributed by atoms with Crippen LogP contribution in [0.25, 0.3) is 0 Å². The van der Waals surface area contributed by atoms with Gasteiger partial charge in [0.15, 0.2) is 0 Å². The molecule has 0 radical (unpaired) electrons. The maximum Gasteiger partial charge on any atom is 0.338 e. The van der Waals surface area contributed by atoms with E-state index in [-0.39, 0.29) is 5.48 Å². The normalized spacial score (nSPS) is 10.4. The number of carboxylic acid groups (broad SMARTS) is 2. The maximum atomic E-state index is 10.8. The highest BCUT2D eigenvalue weighted by Crippen LogP contribution is 2.19. The lowest BCUT2D eigenvalue weighted by Crippen LogP contribution is -2.14. The molecule has 1 rings (SSSR count). The molecule has 0 unspecified atom stereocenters. The van der Waals surface area contributed by atoms with Crippen molar-refractivity contribution < 1.29 is 38.2 Å². The van der Waals surface area contributed by atoms with E-state index < -0.39 is 38.1 Å². The van der Waals surface area contributed by atoms with Crippen LogP contribution >= 0.6 is 0 Å². The van der Waals surface area contributed by atoms with E-state index in [0.717, 1.165) is 18.2 Å². The number of hydrogen-bond donors (Lipinski definition) is 3. The summed E-state index contributed by atoms with van der Waals surface area (Å²) in [6, 6.07) is 2.77. The Bertz CT molecular complexity index is 559. The van der Waals surface area contributed by atoms with Gasteiger partial charge in [-0.15, -0.1) is 0 Å². The zero-order valence-electron chi connectivity index (χ0n) is 8.11. The molecular formula is C8H8O8S. The van der Waals surface area contributed by atoms with Gasteiger partial charge in [-0.05, 0) is 12.1 Å². The molecule has 0 aromatic heterocycles. The van der Waals surface area contributed by atoms with Crippen LogP contribution in [0.1, 0.15) is 20.7 Å². The van der Waals surface area contributed by atoms with Gasteiger partial charge in [0.1, 0.15) is 4.90 Å². The molecule has 94 valence electrons.